The molecule has 29 heavy (non-hydrogen) atoms. The molecule has 0 bridgehead atoms. The van der Waals surface area contributed by atoms with E-state index in [-0.39, 0.29) is 5.56 Å². The highest BCUT2D eigenvalue weighted by Gasteiger charge is 2.14. The number of para-hydroxylation sites is 1. The number of nitrogens with one attached hydrogen (secondary N) is 2. The van der Waals surface area contributed by atoms with Gasteiger partial charge >= 0.3 is 0 Å². The van der Waals surface area contributed by atoms with Gasteiger partial charge in [0, 0.05) is 22.7 Å². The molecule has 2 heterocycles. The van der Waals surface area contributed by atoms with Crippen molar-refractivity contribution in [1.82, 2.24) is 19.6 Å². The van der Waals surface area contributed by atoms with E-state index < -0.39 is 0 Å². The van der Waals surface area contributed by atoms with Crippen molar-refractivity contribution >= 4 is 23.1 Å². The summed E-state index contributed by atoms with van der Waals surface area (Å²) in [6.45, 7) is 4.44. The first-order valence-electron chi connectivity index (χ1n) is 9.58. The molecule has 0 saturated heterocycles. The van der Waals surface area contributed by atoms with Gasteiger partial charge in [-0.05, 0) is 42.7 Å². The number of nitrogens with zero attached hydrogens (tertiary/aromatic N) is 3. The van der Waals surface area contributed by atoms with Crippen LogP contribution in [0.2, 0.25) is 5.02 Å². The SMILES string of the molecule is CCc1ccccc1NCc1nc2nc(C)c(Cc3ccc(Cl)cc3)c(=O)n2[nH]1. The largest absolute Gasteiger partial charge is 0.378 e. The fraction of sp³-hybridized carbons (Fsp3) is 0.227. The minimum atomic E-state index is -0.129. The number of fused-ring (bicyclic) bond motifs is 1. The number of H-pyrrole nitrogens is 1. The quantitative estimate of drug-likeness (QED) is 0.503. The maximum Gasteiger partial charge on any atom is 0.277 e. The molecule has 148 valence electrons. The summed E-state index contributed by atoms with van der Waals surface area (Å²) in [6, 6.07) is 15.7. The second-order valence-electron chi connectivity index (χ2n) is 6.95. The highest BCUT2D eigenvalue weighted by atomic mass is 35.5. The minimum Gasteiger partial charge on any atom is -0.378 e. The average molecular weight is 408 g/mol. The predicted octanol–water partition coefficient (Wildman–Crippen LogP) is 4.14. The van der Waals surface area contributed by atoms with Gasteiger partial charge < -0.3 is 5.32 Å². The Kier molecular flexibility index (Phi) is 5.36. The third-order valence-electron chi connectivity index (χ3n) is 4.98. The van der Waals surface area contributed by atoms with Crippen LogP contribution in [0, 0.1) is 6.92 Å². The number of halogens is 1. The lowest BCUT2D eigenvalue weighted by atomic mass is 10.1. The van der Waals surface area contributed by atoms with E-state index in [2.05, 4.69) is 33.4 Å². The monoisotopic (exact) mass is 407 g/mol. The molecule has 4 rings (SSSR count). The van der Waals surface area contributed by atoms with Crippen molar-refractivity contribution in [2.75, 3.05) is 5.32 Å². The summed E-state index contributed by atoms with van der Waals surface area (Å²) in [7, 11) is 0. The van der Waals surface area contributed by atoms with Crippen LogP contribution < -0.4 is 10.9 Å². The van der Waals surface area contributed by atoms with Crippen molar-refractivity contribution in [2.45, 2.75) is 33.2 Å². The fourth-order valence-electron chi connectivity index (χ4n) is 3.37. The van der Waals surface area contributed by atoms with Crippen molar-refractivity contribution in [3.05, 3.63) is 92.1 Å². The molecule has 0 fully saturated rings. The molecule has 7 heteroatoms. The summed E-state index contributed by atoms with van der Waals surface area (Å²) in [5.41, 5.74) is 4.51. The summed E-state index contributed by atoms with van der Waals surface area (Å²) < 4.78 is 1.42. The van der Waals surface area contributed by atoms with Gasteiger partial charge in [0.15, 0.2) is 0 Å². The van der Waals surface area contributed by atoms with Crippen LogP contribution in [-0.2, 0) is 19.4 Å². The molecule has 4 aromatic rings. The molecule has 2 aromatic carbocycles. The second-order valence-corrected chi connectivity index (χ2v) is 7.39. The molecule has 0 aliphatic rings. The Hall–Kier alpha value is -3.12. The number of aromatic amines is 1. The Morgan fingerprint density at radius 1 is 1.10 bits per heavy atom. The van der Waals surface area contributed by atoms with Crippen LogP contribution in [-0.4, -0.2) is 19.6 Å². The molecule has 0 spiro atoms. The zero-order valence-electron chi connectivity index (χ0n) is 16.4. The molecule has 2 aromatic heterocycles. The molecule has 0 atom stereocenters. The van der Waals surface area contributed by atoms with E-state index in [9.17, 15) is 4.79 Å². The van der Waals surface area contributed by atoms with Crippen LogP contribution in [0.5, 0.6) is 0 Å². The lowest BCUT2D eigenvalue weighted by molar-refractivity contribution is 0.832. The number of anilines is 1. The first-order valence-corrected chi connectivity index (χ1v) is 9.96. The standard InChI is InChI=1S/C22H22ClN5O/c1-3-16-6-4-5-7-19(16)24-13-20-26-22-25-14(2)18(21(29)28(22)27-20)12-15-8-10-17(23)11-9-15/h4-11,24H,3,12-13H2,1-2H3,(H,25,26,27). The Balaban J connectivity index is 1.61. The number of benzene rings is 2. The summed E-state index contributed by atoms with van der Waals surface area (Å²) in [6.07, 6.45) is 1.44. The number of rotatable bonds is 6. The molecular weight excluding hydrogens is 386 g/mol. The van der Waals surface area contributed by atoms with Crippen molar-refractivity contribution < 1.29 is 0 Å². The molecule has 2 N–H and O–H groups in total. The zero-order chi connectivity index (χ0) is 20.4. The third-order valence-corrected chi connectivity index (χ3v) is 5.23. The van der Waals surface area contributed by atoms with Gasteiger partial charge in [0.1, 0.15) is 5.82 Å². The van der Waals surface area contributed by atoms with Crippen molar-refractivity contribution in [2.24, 2.45) is 0 Å². The van der Waals surface area contributed by atoms with Crippen LogP contribution >= 0.6 is 11.6 Å². The van der Waals surface area contributed by atoms with Gasteiger partial charge in [0.05, 0.1) is 12.2 Å². The van der Waals surface area contributed by atoms with Gasteiger partial charge in [-0.15, -0.1) is 0 Å². The van der Waals surface area contributed by atoms with Crippen LogP contribution in [0.4, 0.5) is 5.69 Å². The lowest BCUT2D eigenvalue weighted by Crippen LogP contribution is -2.22. The van der Waals surface area contributed by atoms with E-state index >= 15 is 0 Å². The van der Waals surface area contributed by atoms with E-state index in [0.29, 0.717) is 40.8 Å². The van der Waals surface area contributed by atoms with Crippen LogP contribution in [0.3, 0.4) is 0 Å². The molecule has 0 radical (unpaired) electrons. The third kappa shape index (κ3) is 4.03. The van der Waals surface area contributed by atoms with Crippen LogP contribution in [0.1, 0.15) is 35.1 Å². The molecule has 0 aliphatic carbocycles. The van der Waals surface area contributed by atoms with E-state index in [1.807, 2.05) is 49.4 Å². The average Bonchev–Trinajstić information content (AvgIpc) is 3.14. The van der Waals surface area contributed by atoms with Gasteiger partial charge in [-0.25, -0.2) is 4.98 Å². The Bertz CT molecular complexity index is 1210. The fourth-order valence-corrected chi connectivity index (χ4v) is 3.49. The highest BCUT2D eigenvalue weighted by molar-refractivity contribution is 6.30. The summed E-state index contributed by atoms with van der Waals surface area (Å²) in [4.78, 5) is 22.0. The van der Waals surface area contributed by atoms with Gasteiger partial charge in [0.25, 0.3) is 11.3 Å². The molecule has 0 aliphatic heterocycles. The summed E-state index contributed by atoms with van der Waals surface area (Å²) >= 11 is 5.95. The number of hydrogen-bond donors (Lipinski definition) is 2. The molecule has 6 nitrogen and oxygen atoms in total. The molecule has 0 unspecified atom stereocenters. The van der Waals surface area contributed by atoms with Gasteiger partial charge in [0.2, 0.25) is 0 Å². The Morgan fingerprint density at radius 3 is 2.62 bits per heavy atom. The van der Waals surface area contributed by atoms with E-state index in [0.717, 1.165) is 17.7 Å². The predicted molar refractivity (Wildman–Crippen MR) is 116 cm³/mol. The van der Waals surface area contributed by atoms with E-state index in [1.165, 1.54) is 10.1 Å². The van der Waals surface area contributed by atoms with E-state index in [4.69, 9.17) is 11.6 Å². The molecular formula is C22H22ClN5O. The van der Waals surface area contributed by atoms with Crippen LogP contribution in [0.15, 0.2) is 53.3 Å². The van der Waals surface area contributed by atoms with E-state index in [1.54, 1.807) is 0 Å². The number of aryl methyl sites for hydroxylation is 2. The Labute approximate surface area is 173 Å². The minimum absolute atomic E-state index is 0.129. The topological polar surface area (TPSA) is 75.1 Å². The second kappa shape index (κ2) is 8.09. The summed E-state index contributed by atoms with van der Waals surface area (Å²) in [5.74, 6) is 1.04. The number of aromatic nitrogens is 4. The van der Waals surface area contributed by atoms with Gasteiger partial charge in [-0.3, -0.25) is 9.89 Å². The highest BCUT2D eigenvalue weighted by Crippen LogP contribution is 2.17. The molecule has 0 saturated carbocycles. The van der Waals surface area contributed by atoms with Crippen LogP contribution in [0.25, 0.3) is 5.78 Å². The maximum absolute atomic E-state index is 13.0. The van der Waals surface area contributed by atoms with Gasteiger partial charge in [-0.2, -0.15) is 9.50 Å². The molecule has 0 amide bonds. The summed E-state index contributed by atoms with van der Waals surface area (Å²) in [5, 5.41) is 7.14. The van der Waals surface area contributed by atoms with Crippen molar-refractivity contribution in [3.8, 4) is 0 Å². The normalized spacial score (nSPS) is 11.1. The lowest BCUT2D eigenvalue weighted by Gasteiger charge is -2.08. The Morgan fingerprint density at radius 2 is 1.86 bits per heavy atom. The smallest absolute Gasteiger partial charge is 0.277 e. The maximum atomic E-state index is 13.0. The zero-order valence-corrected chi connectivity index (χ0v) is 17.1. The van der Waals surface area contributed by atoms with Crippen molar-refractivity contribution in [3.63, 3.8) is 0 Å². The van der Waals surface area contributed by atoms with Gasteiger partial charge in [-0.1, -0.05) is 48.9 Å². The number of hydrogen-bond acceptors (Lipinski definition) is 4. The first kappa shape index (κ1) is 19.2. The first-order chi connectivity index (χ1) is 14.0. The van der Waals surface area contributed by atoms with Crippen molar-refractivity contribution in [1.29, 1.82) is 0 Å².